The molecule has 1 aliphatic rings. The maximum absolute atomic E-state index is 13.5. The summed E-state index contributed by atoms with van der Waals surface area (Å²) >= 11 is 0. The Morgan fingerprint density at radius 1 is 1.00 bits per heavy atom. The van der Waals surface area contributed by atoms with Crippen molar-refractivity contribution in [3.63, 3.8) is 0 Å². The normalized spacial score (nSPS) is 15.5. The molecular weight excluding hydrogens is 408 g/mol. The van der Waals surface area contributed by atoms with Crippen molar-refractivity contribution in [1.82, 2.24) is 9.80 Å². The first kappa shape index (κ1) is 21.9. The molecule has 4 rings (SSSR count). The number of hydrogen-bond acceptors (Lipinski definition) is 6. The molecule has 2 aromatic carbocycles. The Bertz CT molecular complexity index is 1200. The molecule has 0 aliphatic carbocycles. The average molecular weight is 437 g/mol. The molecule has 1 aliphatic heterocycles. The molecule has 7 nitrogen and oxygen atoms in total. The highest BCUT2D eigenvalue weighted by molar-refractivity contribution is 5.99. The van der Waals surface area contributed by atoms with E-state index in [1.54, 1.807) is 49.5 Å². The van der Waals surface area contributed by atoms with Crippen LogP contribution in [0.3, 0.4) is 0 Å². The number of methoxy groups -OCH3 is 2. The SMILES string of the molecule is CCN(CC)CCN1C(=O)c2oc3ccccc3c(=O)c2[C@@H]1c1ccc(OC)c(OC)c1. The van der Waals surface area contributed by atoms with E-state index in [0.717, 1.165) is 18.7 Å². The number of para-hydroxylation sites is 1. The molecule has 3 aromatic rings. The van der Waals surface area contributed by atoms with Crippen molar-refractivity contribution in [1.29, 1.82) is 0 Å². The third kappa shape index (κ3) is 3.62. The Kier molecular flexibility index (Phi) is 6.19. The lowest BCUT2D eigenvalue weighted by Gasteiger charge is -2.28. The fraction of sp³-hybridized carbons (Fsp3) is 0.360. The predicted octanol–water partition coefficient (Wildman–Crippen LogP) is 3.70. The second-order valence-corrected chi connectivity index (χ2v) is 7.71. The van der Waals surface area contributed by atoms with Crippen LogP contribution in [0.5, 0.6) is 11.5 Å². The van der Waals surface area contributed by atoms with Crippen LogP contribution in [0.25, 0.3) is 11.0 Å². The van der Waals surface area contributed by atoms with Gasteiger partial charge in [-0.25, -0.2) is 0 Å². The lowest BCUT2D eigenvalue weighted by molar-refractivity contribution is 0.0708. The van der Waals surface area contributed by atoms with Crippen LogP contribution in [-0.4, -0.2) is 56.1 Å². The van der Waals surface area contributed by atoms with Gasteiger partial charge in [-0.2, -0.15) is 0 Å². The third-order valence-corrected chi connectivity index (χ3v) is 6.15. The highest BCUT2D eigenvalue weighted by atomic mass is 16.5. The van der Waals surface area contributed by atoms with Crippen LogP contribution >= 0.6 is 0 Å². The number of fused-ring (bicyclic) bond motifs is 2. The highest BCUT2D eigenvalue weighted by Crippen LogP contribution is 2.40. The number of carbonyl (C=O) groups excluding carboxylic acids is 1. The molecule has 1 aromatic heterocycles. The topological polar surface area (TPSA) is 72.2 Å². The minimum absolute atomic E-state index is 0.119. The highest BCUT2D eigenvalue weighted by Gasteiger charge is 2.42. The fourth-order valence-corrected chi connectivity index (χ4v) is 4.36. The van der Waals surface area contributed by atoms with Gasteiger partial charge in [-0.05, 0) is 42.9 Å². The number of nitrogens with zero attached hydrogens (tertiary/aromatic N) is 2. The summed E-state index contributed by atoms with van der Waals surface area (Å²) < 4.78 is 16.8. The molecule has 0 bridgehead atoms. The predicted molar refractivity (Wildman–Crippen MR) is 123 cm³/mol. The Balaban J connectivity index is 1.88. The van der Waals surface area contributed by atoms with Gasteiger partial charge < -0.3 is 23.7 Å². The number of likely N-dealkylation sites (N-methyl/N-ethyl adjacent to an activating group) is 1. The summed E-state index contributed by atoms with van der Waals surface area (Å²) in [7, 11) is 3.14. The largest absolute Gasteiger partial charge is 0.493 e. The van der Waals surface area contributed by atoms with Crippen LogP contribution in [-0.2, 0) is 0 Å². The van der Waals surface area contributed by atoms with E-state index in [2.05, 4.69) is 18.7 Å². The van der Waals surface area contributed by atoms with Crippen molar-refractivity contribution in [3.05, 3.63) is 69.6 Å². The Hall–Kier alpha value is -3.32. The van der Waals surface area contributed by atoms with Crippen LogP contribution in [0, 0.1) is 0 Å². The lowest BCUT2D eigenvalue weighted by Crippen LogP contribution is -2.37. The molecule has 1 amide bonds. The zero-order valence-electron chi connectivity index (χ0n) is 18.9. The van der Waals surface area contributed by atoms with Gasteiger partial charge in [0.25, 0.3) is 5.91 Å². The molecule has 1 atom stereocenters. The summed E-state index contributed by atoms with van der Waals surface area (Å²) in [6.45, 7) is 7.12. The zero-order valence-corrected chi connectivity index (χ0v) is 18.9. The zero-order chi connectivity index (χ0) is 22.8. The van der Waals surface area contributed by atoms with Crippen LogP contribution in [0.15, 0.2) is 51.7 Å². The van der Waals surface area contributed by atoms with Gasteiger partial charge in [0.1, 0.15) is 5.58 Å². The minimum atomic E-state index is -0.561. The van der Waals surface area contributed by atoms with Crippen LogP contribution in [0.4, 0.5) is 0 Å². The first-order valence-electron chi connectivity index (χ1n) is 10.8. The summed E-state index contributed by atoms with van der Waals surface area (Å²) in [4.78, 5) is 31.0. The van der Waals surface area contributed by atoms with Gasteiger partial charge in [0.05, 0.1) is 31.2 Å². The van der Waals surface area contributed by atoms with Crippen molar-refractivity contribution in [2.75, 3.05) is 40.4 Å². The summed E-state index contributed by atoms with van der Waals surface area (Å²) in [5.41, 5.74) is 1.39. The lowest BCUT2D eigenvalue weighted by atomic mass is 9.98. The van der Waals surface area contributed by atoms with Gasteiger partial charge in [-0.15, -0.1) is 0 Å². The van der Waals surface area contributed by atoms with E-state index in [9.17, 15) is 9.59 Å². The molecule has 0 saturated heterocycles. The van der Waals surface area contributed by atoms with E-state index in [0.29, 0.717) is 41.1 Å². The maximum Gasteiger partial charge on any atom is 0.290 e. The first-order valence-corrected chi connectivity index (χ1v) is 10.8. The van der Waals surface area contributed by atoms with Crippen LogP contribution in [0.1, 0.15) is 41.6 Å². The minimum Gasteiger partial charge on any atom is -0.493 e. The molecule has 0 radical (unpaired) electrons. The van der Waals surface area contributed by atoms with Gasteiger partial charge in [0.15, 0.2) is 16.9 Å². The van der Waals surface area contributed by atoms with E-state index in [-0.39, 0.29) is 17.1 Å². The molecule has 32 heavy (non-hydrogen) atoms. The Morgan fingerprint density at radius 2 is 1.72 bits per heavy atom. The first-order chi connectivity index (χ1) is 15.5. The van der Waals surface area contributed by atoms with E-state index in [1.807, 2.05) is 12.1 Å². The van der Waals surface area contributed by atoms with Crippen molar-refractivity contribution in [3.8, 4) is 11.5 Å². The fourth-order valence-electron chi connectivity index (χ4n) is 4.36. The van der Waals surface area contributed by atoms with Gasteiger partial charge >= 0.3 is 0 Å². The Morgan fingerprint density at radius 3 is 2.41 bits per heavy atom. The van der Waals surface area contributed by atoms with Crippen LogP contribution in [0.2, 0.25) is 0 Å². The molecule has 168 valence electrons. The number of ether oxygens (including phenoxy) is 2. The maximum atomic E-state index is 13.5. The molecular formula is C25H28N2O5. The van der Waals surface area contributed by atoms with Crippen molar-refractivity contribution >= 4 is 16.9 Å². The summed E-state index contributed by atoms with van der Waals surface area (Å²) in [6, 6.07) is 12.0. The number of rotatable bonds is 8. The quantitative estimate of drug-likeness (QED) is 0.536. The second-order valence-electron chi connectivity index (χ2n) is 7.71. The molecule has 2 heterocycles. The number of amides is 1. The standard InChI is InChI=1S/C25H28N2O5/c1-5-26(6-2)13-14-27-22(16-11-12-19(30-3)20(15-16)31-4)21-23(28)17-9-7-8-10-18(17)32-24(21)25(27)29/h7-12,15,22H,5-6,13-14H2,1-4H3/t22-/m0/s1. The molecule has 0 N–H and O–H groups in total. The summed E-state index contributed by atoms with van der Waals surface area (Å²) in [5.74, 6) is 0.976. The molecule has 0 unspecified atom stereocenters. The molecule has 0 saturated carbocycles. The Labute approximate surface area is 187 Å². The summed E-state index contributed by atoms with van der Waals surface area (Å²) in [5, 5.41) is 0.468. The van der Waals surface area contributed by atoms with Gasteiger partial charge in [-0.1, -0.05) is 32.0 Å². The van der Waals surface area contributed by atoms with Gasteiger partial charge in [0, 0.05) is 13.1 Å². The average Bonchev–Trinajstić information content (AvgIpc) is 3.11. The van der Waals surface area contributed by atoms with Crippen molar-refractivity contribution in [2.45, 2.75) is 19.9 Å². The van der Waals surface area contributed by atoms with E-state index < -0.39 is 6.04 Å². The number of hydrogen-bond donors (Lipinski definition) is 0. The van der Waals surface area contributed by atoms with E-state index in [1.165, 1.54) is 0 Å². The smallest absolute Gasteiger partial charge is 0.290 e. The van der Waals surface area contributed by atoms with Gasteiger partial charge in [-0.3, -0.25) is 9.59 Å². The number of carbonyl (C=O) groups is 1. The molecule has 0 fully saturated rings. The van der Waals surface area contributed by atoms with E-state index >= 15 is 0 Å². The second kappa shape index (κ2) is 9.04. The number of benzene rings is 2. The summed E-state index contributed by atoms with van der Waals surface area (Å²) in [6.07, 6.45) is 0. The van der Waals surface area contributed by atoms with Crippen molar-refractivity contribution in [2.24, 2.45) is 0 Å². The third-order valence-electron chi connectivity index (χ3n) is 6.15. The van der Waals surface area contributed by atoms with Crippen LogP contribution < -0.4 is 14.9 Å². The molecule has 0 spiro atoms. The molecule has 7 heteroatoms. The van der Waals surface area contributed by atoms with Gasteiger partial charge in [0.2, 0.25) is 5.76 Å². The van der Waals surface area contributed by atoms with E-state index in [4.69, 9.17) is 13.9 Å². The monoisotopic (exact) mass is 436 g/mol. The van der Waals surface area contributed by atoms with Crippen molar-refractivity contribution < 1.29 is 18.7 Å².